The Hall–Kier alpha value is -3.57. The highest BCUT2D eigenvalue weighted by Crippen LogP contribution is 2.44. The smallest absolute Gasteiger partial charge is 0.300 e. The third-order valence-electron chi connectivity index (χ3n) is 5.44. The van der Waals surface area contributed by atoms with Crippen LogP contribution in [0.25, 0.3) is 5.76 Å². The van der Waals surface area contributed by atoms with Gasteiger partial charge in [0.2, 0.25) is 0 Å². The standard InChI is InChI=1S/C26H22ClNO4/c1-3-32-18-13-14-20(27)19(15-18)24(29)22-23(17-10-5-4-6-11-17)28(26(31)25(22)30)21-12-8-7-9-16(21)2/h4-15,23,29H,3H2,1-2H3/b24-22+. The van der Waals surface area contributed by atoms with Crippen LogP contribution in [0, 0.1) is 6.92 Å². The van der Waals surface area contributed by atoms with Crippen LogP contribution in [0.5, 0.6) is 5.75 Å². The zero-order valence-electron chi connectivity index (χ0n) is 17.7. The van der Waals surface area contributed by atoms with E-state index in [2.05, 4.69) is 0 Å². The van der Waals surface area contributed by atoms with Crippen LogP contribution in [0.4, 0.5) is 5.69 Å². The number of hydrogen-bond acceptors (Lipinski definition) is 4. The minimum absolute atomic E-state index is 0.0139. The molecule has 0 spiro atoms. The quantitative estimate of drug-likeness (QED) is 0.310. The van der Waals surface area contributed by atoms with E-state index in [-0.39, 0.29) is 21.9 Å². The van der Waals surface area contributed by atoms with E-state index in [0.29, 0.717) is 23.6 Å². The van der Waals surface area contributed by atoms with Crippen molar-refractivity contribution in [2.24, 2.45) is 0 Å². The molecule has 3 aromatic carbocycles. The van der Waals surface area contributed by atoms with Gasteiger partial charge in [-0.1, -0.05) is 60.1 Å². The second kappa shape index (κ2) is 8.89. The molecule has 5 nitrogen and oxygen atoms in total. The minimum Gasteiger partial charge on any atom is -0.507 e. The Bertz CT molecular complexity index is 1220. The summed E-state index contributed by atoms with van der Waals surface area (Å²) in [6, 6.07) is 20.6. The summed E-state index contributed by atoms with van der Waals surface area (Å²) in [4.78, 5) is 27.9. The number of ether oxygens (including phenoxy) is 1. The molecule has 1 N–H and O–H groups in total. The van der Waals surface area contributed by atoms with Gasteiger partial charge in [-0.2, -0.15) is 0 Å². The number of ketones is 1. The number of para-hydroxylation sites is 1. The molecule has 1 unspecified atom stereocenters. The molecule has 0 aliphatic carbocycles. The number of halogens is 1. The van der Waals surface area contributed by atoms with Gasteiger partial charge < -0.3 is 9.84 Å². The first-order valence-corrected chi connectivity index (χ1v) is 10.7. The maximum absolute atomic E-state index is 13.2. The van der Waals surface area contributed by atoms with Crippen LogP contribution in [0.15, 0.2) is 78.4 Å². The van der Waals surface area contributed by atoms with Crippen molar-refractivity contribution in [3.63, 3.8) is 0 Å². The van der Waals surface area contributed by atoms with Crippen molar-refractivity contribution in [1.29, 1.82) is 0 Å². The maximum atomic E-state index is 13.2. The van der Waals surface area contributed by atoms with Crippen LogP contribution >= 0.6 is 11.6 Å². The summed E-state index contributed by atoms with van der Waals surface area (Å²) in [5, 5.41) is 11.5. The lowest BCUT2D eigenvalue weighted by atomic mass is 9.95. The van der Waals surface area contributed by atoms with Gasteiger partial charge in [-0.3, -0.25) is 14.5 Å². The molecule has 0 aromatic heterocycles. The molecule has 162 valence electrons. The molecule has 1 amide bonds. The van der Waals surface area contributed by atoms with Crippen molar-refractivity contribution in [2.45, 2.75) is 19.9 Å². The Labute approximate surface area is 191 Å². The third kappa shape index (κ3) is 3.76. The predicted octanol–water partition coefficient (Wildman–Crippen LogP) is 5.67. The number of Topliss-reactive ketones (excluding diaryl/α,β-unsaturated/α-hetero) is 1. The number of carbonyl (C=O) groups excluding carboxylic acids is 2. The number of aliphatic hydroxyl groups excluding tert-OH is 1. The fourth-order valence-electron chi connectivity index (χ4n) is 3.95. The molecule has 6 heteroatoms. The highest BCUT2D eigenvalue weighted by Gasteiger charge is 2.47. The lowest BCUT2D eigenvalue weighted by Crippen LogP contribution is -2.30. The first kappa shape index (κ1) is 21.7. The number of anilines is 1. The summed E-state index contributed by atoms with van der Waals surface area (Å²) in [5.74, 6) is -1.30. The second-order valence-electron chi connectivity index (χ2n) is 7.44. The highest BCUT2D eigenvalue weighted by molar-refractivity contribution is 6.52. The van der Waals surface area contributed by atoms with E-state index in [0.717, 1.165) is 5.56 Å². The molecule has 1 saturated heterocycles. The molecule has 32 heavy (non-hydrogen) atoms. The molecule has 1 heterocycles. The normalized spacial score (nSPS) is 17.6. The number of rotatable bonds is 5. The fourth-order valence-corrected chi connectivity index (χ4v) is 4.16. The summed E-state index contributed by atoms with van der Waals surface area (Å²) in [6.45, 7) is 4.15. The Morgan fingerprint density at radius 2 is 1.72 bits per heavy atom. The van der Waals surface area contributed by atoms with Crippen LogP contribution in [0.3, 0.4) is 0 Å². The van der Waals surface area contributed by atoms with Gasteiger partial charge >= 0.3 is 0 Å². The van der Waals surface area contributed by atoms with E-state index in [4.69, 9.17) is 16.3 Å². The Balaban J connectivity index is 1.96. The summed E-state index contributed by atoms with van der Waals surface area (Å²) in [7, 11) is 0. The number of hydrogen-bond donors (Lipinski definition) is 1. The van der Waals surface area contributed by atoms with Crippen LogP contribution in [-0.4, -0.2) is 23.4 Å². The van der Waals surface area contributed by atoms with Crippen molar-refractivity contribution >= 4 is 34.7 Å². The molecule has 1 aliphatic rings. The molecular formula is C26H22ClNO4. The molecule has 1 fully saturated rings. The van der Waals surface area contributed by atoms with Crippen LogP contribution in [0.2, 0.25) is 5.02 Å². The SMILES string of the molecule is CCOc1ccc(Cl)c(/C(O)=C2\C(=O)C(=O)N(c3ccccc3C)C2c2ccccc2)c1. The van der Waals surface area contributed by atoms with Crippen molar-refractivity contribution in [3.05, 3.63) is 100 Å². The van der Waals surface area contributed by atoms with Crippen LogP contribution < -0.4 is 9.64 Å². The third-order valence-corrected chi connectivity index (χ3v) is 5.77. The Morgan fingerprint density at radius 3 is 2.41 bits per heavy atom. The van der Waals surface area contributed by atoms with Gasteiger partial charge in [0.05, 0.1) is 23.2 Å². The maximum Gasteiger partial charge on any atom is 0.300 e. The molecule has 0 saturated carbocycles. The van der Waals surface area contributed by atoms with E-state index in [1.54, 1.807) is 24.3 Å². The summed E-state index contributed by atoms with van der Waals surface area (Å²) >= 11 is 6.37. The molecule has 1 atom stereocenters. The average molecular weight is 448 g/mol. The van der Waals surface area contributed by atoms with Crippen LogP contribution in [0.1, 0.15) is 29.7 Å². The van der Waals surface area contributed by atoms with Gasteiger partial charge in [-0.05, 0) is 49.2 Å². The van der Waals surface area contributed by atoms with Crippen molar-refractivity contribution in [2.75, 3.05) is 11.5 Å². The van der Waals surface area contributed by atoms with E-state index in [1.807, 2.05) is 62.4 Å². The highest BCUT2D eigenvalue weighted by atomic mass is 35.5. The van der Waals surface area contributed by atoms with E-state index >= 15 is 0 Å². The number of aryl methyl sites for hydroxylation is 1. The average Bonchev–Trinajstić information content (AvgIpc) is 3.06. The molecule has 4 rings (SSSR count). The Kier molecular flexibility index (Phi) is 6.01. The van der Waals surface area contributed by atoms with E-state index in [1.165, 1.54) is 4.90 Å². The monoisotopic (exact) mass is 447 g/mol. The largest absolute Gasteiger partial charge is 0.507 e. The van der Waals surface area contributed by atoms with Crippen molar-refractivity contribution in [3.8, 4) is 5.75 Å². The molecule has 3 aromatic rings. The van der Waals surface area contributed by atoms with Gasteiger partial charge in [0.15, 0.2) is 0 Å². The predicted molar refractivity (Wildman–Crippen MR) is 125 cm³/mol. The van der Waals surface area contributed by atoms with Crippen molar-refractivity contribution < 1.29 is 19.4 Å². The van der Waals surface area contributed by atoms with Crippen molar-refractivity contribution in [1.82, 2.24) is 0 Å². The van der Waals surface area contributed by atoms with E-state index in [9.17, 15) is 14.7 Å². The first-order chi connectivity index (χ1) is 15.4. The van der Waals surface area contributed by atoms with Gasteiger partial charge in [-0.15, -0.1) is 0 Å². The molecule has 0 bridgehead atoms. The van der Waals surface area contributed by atoms with Gasteiger partial charge in [0, 0.05) is 11.3 Å². The molecular weight excluding hydrogens is 426 g/mol. The lowest BCUT2D eigenvalue weighted by Gasteiger charge is -2.26. The number of nitrogens with zero attached hydrogens (tertiary/aromatic N) is 1. The Morgan fingerprint density at radius 1 is 1.03 bits per heavy atom. The zero-order valence-corrected chi connectivity index (χ0v) is 18.5. The molecule has 1 aliphatic heterocycles. The number of amides is 1. The zero-order chi connectivity index (χ0) is 22.8. The minimum atomic E-state index is -0.802. The number of benzene rings is 3. The lowest BCUT2D eigenvalue weighted by molar-refractivity contribution is -0.132. The van der Waals surface area contributed by atoms with Gasteiger partial charge in [0.1, 0.15) is 11.5 Å². The molecule has 0 radical (unpaired) electrons. The fraction of sp³-hybridized carbons (Fsp3) is 0.154. The number of carbonyl (C=O) groups is 2. The van der Waals surface area contributed by atoms with Gasteiger partial charge in [-0.25, -0.2) is 0 Å². The summed E-state index contributed by atoms with van der Waals surface area (Å²) in [6.07, 6.45) is 0. The second-order valence-corrected chi connectivity index (χ2v) is 7.85. The topological polar surface area (TPSA) is 66.8 Å². The summed E-state index contributed by atoms with van der Waals surface area (Å²) in [5.41, 5.74) is 2.37. The summed E-state index contributed by atoms with van der Waals surface area (Å²) < 4.78 is 5.53. The van der Waals surface area contributed by atoms with Crippen LogP contribution in [-0.2, 0) is 9.59 Å². The number of aliphatic hydroxyl groups is 1. The van der Waals surface area contributed by atoms with Gasteiger partial charge in [0.25, 0.3) is 11.7 Å². The van der Waals surface area contributed by atoms with E-state index < -0.39 is 17.7 Å². The first-order valence-electron chi connectivity index (χ1n) is 10.3.